The summed E-state index contributed by atoms with van der Waals surface area (Å²) in [4.78, 5) is 12.6. The maximum absolute atomic E-state index is 12.6. The number of aliphatic hydroxyl groups is 4. The molecule has 5 atom stereocenters. The minimum atomic E-state index is -1.67. The van der Waals surface area contributed by atoms with Crippen molar-refractivity contribution in [1.29, 1.82) is 0 Å². The van der Waals surface area contributed by atoms with Crippen molar-refractivity contribution in [2.24, 2.45) is 0 Å². The Kier molecular flexibility index (Phi) is 6.15. The largest absolute Gasteiger partial charge is 0.507 e. The van der Waals surface area contributed by atoms with Crippen molar-refractivity contribution in [1.82, 2.24) is 0 Å². The van der Waals surface area contributed by atoms with Gasteiger partial charge in [-0.05, 0) is 18.2 Å². The normalized spacial score (nSPS) is 25.2. The molecule has 1 saturated heterocycles. The zero-order valence-corrected chi connectivity index (χ0v) is 17.3. The molecule has 1 fully saturated rings. The molecule has 4 rings (SSSR count). The number of benzene rings is 2. The molecular formula is C22H22O11. The number of hydrogen-bond acceptors (Lipinski definition) is 11. The number of methoxy groups -OCH3 is 1. The summed E-state index contributed by atoms with van der Waals surface area (Å²) in [5.74, 6) is -0.392. The minimum absolute atomic E-state index is 0.0626. The third kappa shape index (κ3) is 4.19. The van der Waals surface area contributed by atoms with Crippen LogP contribution in [0.3, 0.4) is 0 Å². The van der Waals surface area contributed by atoms with Crippen LogP contribution in [0, 0.1) is 0 Å². The van der Waals surface area contributed by atoms with Crippen molar-refractivity contribution in [2.75, 3.05) is 13.7 Å². The van der Waals surface area contributed by atoms with E-state index in [0.29, 0.717) is 5.56 Å². The second-order valence-corrected chi connectivity index (χ2v) is 7.49. The topological polar surface area (TPSA) is 179 Å². The highest BCUT2D eigenvalue weighted by Gasteiger charge is 2.44. The molecule has 2 aromatic carbocycles. The Morgan fingerprint density at radius 3 is 2.39 bits per heavy atom. The van der Waals surface area contributed by atoms with Crippen molar-refractivity contribution in [2.45, 2.75) is 30.7 Å². The molecule has 0 saturated carbocycles. The summed E-state index contributed by atoms with van der Waals surface area (Å²) in [6.45, 7) is -0.638. The predicted octanol–water partition coefficient (Wildman–Crippen LogP) is 0.0585. The maximum Gasteiger partial charge on any atom is 0.229 e. The van der Waals surface area contributed by atoms with E-state index < -0.39 is 48.5 Å². The van der Waals surface area contributed by atoms with Gasteiger partial charge in [-0.1, -0.05) is 0 Å². The van der Waals surface area contributed by atoms with Crippen molar-refractivity contribution in [3.8, 4) is 34.3 Å². The summed E-state index contributed by atoms with van der Waals surface area (Å²) >= 11 is 0. The van der Waals surface area contributed by atoms with E-state index >= 15 is 0 Å². The number of aromatic hydroxyl groups is 2. The van der Waals surface area contributed by atoms with Gasteiger partial charge in [-0.15, -0.1) is 0 Å². The molecule has 0 bridgehead atoms. The zero-order chi connectivity index (χ0) is 23.9. The lowest BCUT2D eigenvalue weighted by molar-refractivity contribution is -0.277. The molecule has 11 heteroatoms. The highest BCUT2D eigenvalue weighted by molar-refractivity contribution is 5.86. The van der Waals surface area contributed by atoms with Gasteiger partial charge >= 0.3 is 0 Å². The third-order valence-electron chi connectivity index (χ3n) is 5.35. The van der Waals surface area contributed by atoms with Crippen LogP contribution >= 0.6 is 0 Å². The molecule has 0 radical (unpaired) electrons. The minimum Gasteiger partial charge on any atom is -0.507 e. The standard InChI is InChI=1S/C22H22O11/c1-30-14-3-2-9(4-11(14)24)15-7-13(26)18-12(25)5-10(6-16(18)32-15)31-22-21(29)20(28)19(27)17(8-23)33-22/h2-7,17,19-25,27-29H,8H2,1H3/t17-,19-,20+,21-,22+/m1/s1. The van der Waals surface area contributed by atoms with Gasteiger partial charge in [0.15, 0.2) is 16.9 Å². The Labute approximate surface area is 186 Å². The van der Waals surface area contributed by atoms with E-state index in [1.165, 1.54) is 25.3 Å². The van der Waals surface area contributed by atoms with Crippen molar-refractivity contribution < 1.29 is 49.3 Å². The van der Waals surface area contributed by atoms with Gasteiger partial charge < -0.3 is 49.3 Å². The van der Waals surface area contributed by atoms with Crippen LogP contribution in [0.25, 0.3) is 22.3 Å². The quantitative estimate of drug-likeness (QED) is 0.302. The number of aliphatic hydroxyl groups excluding tert-OH is 4. The lowest BCUT2D eigenvalue weighted by Crippen LogP contribution is -2.60. The first kappa shape index (κ1) is 22.8. The van der Waals surface area contributed by atoms with Crippen LogP contribution in [0.5, 0.6) is 23.0 Å². The van der Waals surface area contributed by atoms with Gasteiger partial charge in [-0.25, -0.2) is 0 Å². The number of fused-ring (bicyclic) bond motifs is 1. The molecule has 0 aliphatic carbocycles. The van der Waals surface area contributed by atoms with Crippen LogP contribution in [-0.2, 0) is 4.74 Å². The van der Waals surface area contributed by atoms with Crippen LogP contribution in [0.4, 0.5) is 0 Å². The summed E-state index contributed by atoms with van der Waals surface area (Å²) in [5.41, 5.74) is -0.252. The fourth-order valence-electron chi connectivity index (χ4n) is 3.60. The van der Waals surface area contributed by atoms with Gasteiger partial charge in [-0.2, -0.15) is 0 Å². The Balaban J connectivity index is 1.71. The lowest BCUT2D eigenvalue weighted by atomic mass is 9.99. The van der Waals surface area contributed by atoms with Gasteiger partial charge in [0.05, 0.1) is 13.7 Å². The molecule has 176 valence electrons. The molecule has 33 heavy (non-hydrogen) atoms. The Morgan fingerprint density at radius 1 is 0.970 bits per heavy atom. The molecule has 0 amide bonds. The molecule has 3 aromatic rings. The van der Waals surface area contributed by atoms with E-state index in [1.807, 2.05) is 0 Å². The second kappa shape index (κ2) is 8.89. The predicted molar refractivity (Wildman–Crippen MR) is 112 cm³/mol. The number of ether oxygens (including phenoxy) is 3. The molecular weight excluding hydrogens is 440 g/mol. The monoisotopic (exact) mass is 462 g/mol. The maximum atomic E-state index is 12.6. The van der Waals surface area contributed by atoms with Crippen LogP contribution in [0.15, 0.2) is 45.6 Å². The average molecular weight is 462 g/mol. The number of phenols is 2. The molecule has 0 unspecified atom stereocenters. The Morgan fingerprint density at radius 2 is 1.73 bits per heavy atom. The number of phenolic OH excluding ortho intramolecular Hbond substituents is 2. The Hall–Kier alpha value is -3.35. The SMILES string of the molecule is COc1ccc(-c2cc(=O)c3c(O)cc(O[C@H]4O[C@H](CO)[C@@H](O)[C@H](O)[C@H]4O)cc3o2)cc1O. The molecule has 1 aliphatic rings. The van der Waals surface area contributed by atoms with E-state index in [4.69, 9.17) is 18.6 Å². The molecule has 1 aromatic heterocycles. The molecule has 2 heterocycles. The number of rotatable bonds is 5. The number of hydrogen-bond donors (Lipinski definition) is 6. The van der Waals surface area contributed by atoms with Crippen molar-refractivity contribution in [3.05, 3.63) is 46.6 Å². The second-order valence-electron chi connectivity index (χ2n) is 7.49. The van der Waals surface area contributed by atoms with Crippen LogP contribution in [0.1, 0.15) is 0 Å². The van der Waals surface area contributed by atoms with Crippen molar-refractivity contribution in [3.63, 3.8) is 0 Å². The molecule has 11 nitrogen and oxygen atoms in total. The zero-order valence-electron chi connectivity index (χ0n) is 17.3. The molecule has 1 aliphatic heterocycles. The van der Waals surface area contributed by atoms with Gasteiger partial charge in [0.1, 0.15) is 52.6 Å². The first-order valence-electron chi connectivity index (χ1n) is 9.89. The van der Waals surface area contributed by atoms with Gasteiger partial charge in [0, 0.05) is 23.8 Å². The summed E-state index contributed by atoms with van der Waals surface area (Å²) < 4.78 is 21.6. The van der Waals surface area contributed by atoms with E-state index in [2.05, 4.69) is 0 Å². The van der Waals surface area contributed by atoms with Crippen molar-refractivity contribution >= 4 is 11.0 Å². The Bertz CT molecular complexity index is 1220. The van der Waals surface area contributed by atoms with Crippen LogP contribution < -0.4 is 14.9 Å². The van der Waals surface area contributed by atoms with E-state index in [0.717, 1.165) is 12.1 Å². The first-order valence-corrected chi connectivity index (χ1v) is 9.89. The fourth-order valence-corrected chi connectivity index (χ4v) is 3.60. The van der Waals surface area contributed by atoms with Gasteiger partial charge in [0.25, 0.3) is 0 Å². The van der Waals surface area contributed by atoms with E-state index in [-0.39, 0.29) is 34.0 Å². The summed E-state index contributed by atoms with van der Waals surface area (Å²) in [6.07, 6.45) is -7.56. The van der Waals surface area contributed by atoms with Gasteiger partial charge in [-0.3, -0.25) is 4.79 Å². The summed E-state index contributed by atoms with van der Waals surface area (Å²) in [6, 6.07) is 7.92. The van der Waals surface area contributed by atoms with Crippen LogP contribution in [-0.4, -0.2) is 75.1 Å². The highest BCUT2D eigenvalue weighted by atomic mass is 16.7. The summed E-state index contributed by atoms with van der Waals surface area (Å²) in [7, 11) is 1.39. The van der Waals surface area contributed by atoms with E-state index in [1.54, 1.807) is 6.07 Å². The molecule has 6 N–H and O–H groups in total. The lowest BCUT2D eigenvalue weighted by Gasteiger charge is -2.39. The summed E-state index contributed by atoms with van der Waals surface area (Å²) in [5, 5.41) is 59.5. The third-order valence-corrected chi connectivity index (χ3v) is 5.35. The average Bonchev–Trinajstić information content (AvgIpc) is 2.78. The fraction of sp³-hybridized carbons (Fsp3) is 0.318. The van der Waals surface area contributed by atoms with E-state index in [9.17, 15) is 35.4 Å². The molecule has 0 spiro atoms. The smallest absolute Gasteiger partial charge is 0.229 e. The first-order chi connectivity index (χ1) is 15.7. The van der Waals surface area contributed by atoms with Gasteiger partial charge in [0.2, 0.25) is 6.29 Å². The van der Waals surface area contributed by atoms with Crippen LogP contribution in [0.2, 0.25) is 0 Å². The highest BCUT2D eigenvalue weighted by Crippen LogP contribution is 2.35.